The number of carboxylic acid groups (broad SMARTS) is 1. The molecule has 0 unspecified atom stereocenters. The highest BCUT2D eigenvalue weighted by molar-refractivity contribution is 7.90. The first-order chi connectivity index (χ1) is 22.5. The second kappa shape index (κ2) is 14.1. The largest absolute Gasteiger partial charge is 0.481 e. The third-order valence-corrected chi connectivity index (χ3v) is 10.2. The zero-order valence-corrected chi connectivity index (χ0v) is 27.2. The number of aliphatic carboxylic acids is 1. The van der Waals surface area contributed by atoms with E-state index in [1.54, 1.807) is 12.1 Å². The van der Waals surface area contributed by atoms with Gasteiger partial charge in [-0.05, 0) is 53.9 Å². The van der Waals surface area contributed by atoms with E-state index < -0.39 is 27.4 Å². The van der Waals surface area contributed by atoms with Gasteiger partial charge in [-0.1, -0.05) is 48.5 Å². The average Bonchev–Trinajstić information content (AvgIpc) is 3.44. The molecule has 250 valence electrons. The number of hydrogen-bond acceptors (Lipinski definition) is 7. The summed E-state index contributed by atoms with van der Waals surface area (Å²) in [5, 5.41) is 9.03. The number of nitrogens with one attached hydrogen (secondary N) is 1. The van der Waals surface area contributed by atoms with Crippen LogP contribution >= 0.6 is 0 Å². The summed E-state index contributed by atoms with van der Waals surface area (Å²) in [6.07, 6.45) is 4.09. The van der Waals surface area contributed by atoms with E-state index in [-0.39, 0.29) is 46.8 Å². The smallest absolute Gasteiger partial charge is 0.303 e. The van der Waals surface area contributed by atoms with Crippen LogP contribution < -0.4 is 4.74 Å². The van der Waals surface area contributed by atoms with Gasteiger partial charge in [0.05, 0.1) is 16.8 Å². The Morgan fingerprint density at radius 1 is 0.936 bits per heavy atom. The fourth-order valence-electron chi connectivity index (χ4n) is 6.59. The van der Waals surface area contributed by atoms with Crippen molar-refractivity contribution in [3.63, 3.8) is 0 Å². The lowest BCUT2D eigenvalue weighted by atomic mass is 9.85. The van der Waals surface area contributed by atoms with Crippen molar-refractivity contribution in [1.82, 2.24) is 19.8 Å². The molecule has 1 aliphatic heterocycles. The van der Waals surface area contributed by atoms with Gasteiger partial charge in [0.1, 0.15) is 27.3 Å². The van der Waals surface area contributed by atoms with Gasteiger partial charge in [0.15, 0.2) is 5.82 Å². The Hall–Kier alpha value is -3.87. The number of rotatable bonds is 11. The molecule has 2 fully saturated rings. The van der Waals surface area contributed by atoms with Crippen LogP contribution in [-0.2, 0) is 21.2 Å². The third-order valence-electron chi connectivity index (χ3n) is 9.29. The number of carboxylic acids is 1. The SMILES string of the molecule is CS(=O)(=O)CCN1CCN(Cc2ccc(-c3ccc(-c4c(F)cc5[nH]c(O[C@H]6CC[C@H](CC(=O)O)CC6)nc5c4F)cc3)cc2)CC1. The molecule has 4 aromatic rings. The molecule has 0 atom stereocenters. The van der Waals surface area contributed by atoms with Gasteiger partial charge < -0.3 is 14.8 Å². The van der Waals surface area contributed by atoms with E-state index in [4.69, 9.17) is 9.84 Å². The minimum Gasteiger partial charge on any atom is -0.481 e. The number of H-pyrrole nitrogens is 1. The Labute approximate surface area is 273 Å². The van der Waals surface area contributed by atoms with E-state index in [1.807, 2.05) is 24.3 Å². The number of halogens is 2. The quantitative estimate of drug-likeness (QED) is 0.208. The molecule has 3 aromatic carbocycles. The number of aromatic nitrogens is 2. The van der Waals surface area contributed by atoms with E-state index in [0.29, 0.717) is 24.9 Å². The van der Waals surface area contributed by atoms with Gasteiger partial charge >= 0.3 is 5.97 Å². The lowest BCUT2D eigenvalue weighted by molar-refractivity contribution is -0.138. The van der Waals surface area contributed by atoms with Crippen molar-refractivity contribution >= 4 is 26.8 Å². The van der Waals surface area contributed by atoms with Crippen molar-refractivity contribution in [2.45, 2.75) is 44.8 Å². The molecular formula is C35H40F2N4O5S. The summed E-state index contributed by atoms with van der Waals surface area (Å²) in [6.45, 7) is 4.86. The number of carbonyl (C=O) groups is 1. The summed E-state index contributed by atoms with van der Waals surface area (Å²) in [5.41, 5.74) is 3.57. The van der Waals surface area contributed by atoms with Gasteiger partial charge in [0.2, 0.25) is 0 Å². The molecule has 1 saturated heterocycles. The Kier molecular flexibility index (Phi) is 9.90. The number of piperazine rings is 1. The Bertz CT molecular complexity index is 1810. The molecule has 12 heteroatoms. The molecule has 6 rings (SSSR count). The lowest BCUT2D eigenvalue weighted by Crippen LogP contribution is -2.47. The first-order valence-corrected chi connectivity index (χ1v) is 18.1. The number of fused-ring (bicyclic) bond motifs is 1. The maximum atomic E-state index is 15.7. The number of hydrogen-bond donors (Lipinski definition) is 2. The van der Waals surface area contributed by atoms with Crippen LogP contribution in [0.15, 0.2) is 54.6 Å². The Balaban J connectivity index is 1.07. The van der Waals surface area contributed by atoms with Gasteiger partial charge in [-0.15, -0.1) is 0 Å². The summed E-state index contributed by atoms with van der Waals surface area (Å²) in [6, 6.07) is 16.7. The second-order valence-electron chi connectivity index (χ2n) is 12.9. The maximum Gasteiger partial charge on any atom is 0.303 e. The molecule has 2 N–H and O–H groups in total. The monoisotopic (exact) mass is 666 g/mol. The molecular weight excluding hydrogens is 626 g/mol. The summed E-state index contributed by atoms with van der Waals surface area (Å²) in [7, 11) is -2.96. The van der Waals surface area contributed by atoms with Crippen LogP contribution in [0.3, 0.4) is 0 Å². The van der Waals surface area contributed by atoms with Crippen molar-refractivity contribution in [1.29, 1.82) is 0 Å². The zero-order chi connectivity index (χ0) is 33.1. The first kappa shape index (κ1) is 33.0. The topological polar surface area (TPSA) is 116 Å². The summed E-state index contributed by atoms with van der Waals surface area (Å²) < 4.78 is 59.8. The Morgan fingerprint density at radius 3 is 2.15 bits per heavy atom. The maximum absolute atomic E-state index is 15.7. The number of aromatic amines is 1. The van der Waals surface area contributed by atoms with Gasteiger partial charge in [-0.3, -0.25) is 14.6 Å². The second-order valence-corrected chi connectivity index (χ2v) is 15.1. The predicted octanol–water partition coefficient (Wildman–Crippen LogP) is 5.75. The zero-order valence-electron chi connectivity index (χ0n) is 26.4. The van der Waals surface area contributed by atoms with Crippen LogP contribution in [0, 0.1) is 17.6 Å². The fraction of sp³-hybridized carbons (Fsp3) is 0.429. The Morgan fingerprint density at radius 2 is 1.53 bits per heavy atom. The van der Waals surface area contributed by atoms with Crippen molar-refractivity contribution in [3.05, 3.63) is 71.8 Å². The van der Waals surface area contributed by atoms with Crippen LogP contribution in [0.4, 0.5) is 8.78 Å². The number of nitrogens with zero attached hydrogens (tertiary/aromatic N) is 3. The van der Waals surface area contributed by atoms with Crippen molar-refractivity contribution in [2.24, 2.45) is 5.92 Å². The lowest BCUT2D eigenvalue weighted by Gasteiger charge is -2.34. The molecule has 1 saturated carbocycles. The molecule has 1 aliphatic carbocycles. The third kappa shape index (κ3) is 8.35. The van der Waals surface area contributed by atoms with Gasteiger partial charge in [-0.25, -0.2) is 17.2 Å². The molecule has 9 nitrogen and oxygen atoms in total. The molecule has 0 amide bonds. The number of ether oxygens (including phenoxy) is 1. The highest BCUT2D eigenvalue weighted by Gasteiger charge is 2.26. The van der Waals surface area contributed by atoms with Gasteiger partial charge in [0, 0.05) is 58.0 Å². The molecule has 2 heterocycles. The van der Waals surface area contributed by atoms with E-state index in [1.165, 1.54) is 17.9 Å². The summed E-state index contributed by atoms with van der Waals surface area (Å²) >= 11 is 0. The molecule has 0 radical (unpaired) electrons. The molecule has 0 spiro atoms. The number of sulfone groups is 1. The predicted molar refractivity (Wildman–Crippen MR) is 177 cm³/mol. The van der Waals surface area contributed by atoms with E-state index in [0.717, 1.165) is 56.7 Å². The minimum atomic E-state index is -2.96. The van der Waals surface area contributed by atoms with Crippen molar-refractivity contribution < 1.29 is 31.8 Å². The van der Waals surface area contributed by atoms with Crippen molar-refractivity contribution in [3.8, 4) is 28.3 Å². The molecule has 2 aliphatic rings. The summed E-state index contributed by atoms with van der Waals surface area (Å²) in [5.74, 6) is -1.94. The van der Waals surface area contributed by atoms with Crippen LogP contribution in [0.25, 0.3) is 33.3 Å². The standard InChI is InChI=1S/C35H40F2N4O5S/c1-47(44,45)19-18-40-14-16-41(17-15-40)22-24-2-6-25(7-3-24)26-8-10-27(11-9-26)32-29(36)21-30-34(33(32)37)39-35(38-30)46-28-12-4-23(5-13-28)20-31(42)43/h2-3,6-11,21,23,28H,4-5,12-20,22H2,1H3,(H,38,39)(H,42,43)/t23-,28-. The molecule has 1 aromatic heterocycles. The highest BCUT2D eigenvalue weighted by atomic mass is 32.2. The molecule has 0 bridgehead atoms. The van der Waals surface area contributed by atoms with E-state index in [9.17, 15) is 13.2 Å². The minimum absolute atomic E-state index is 0.00551. The van der Waals surface area contributed by atoms with E-state index >= 15 is 8.78 Å². The summed E-state index contributed by atoms with van der Waals surface area (Å²) in [4.78, 5) is 22.7. The molecule has 47 heavy (non-hydrogen) atoms. The van der Waals surface area contributed by atoms with Gasteiger partial charge in [-0.2, -0.15) is 4.98 Å². The van der Waals surface area contributed by atoms with Gasteiger partial charge in [0.25, 0.3) is 6.01 Å². The fourth-order valence-corrected chi connectivity index (χ4v) is 7.18. The highest BCUT2D eigenvalue weighted by Crippen LogP contribution is 2.35. The van der Waals surface area contributed by atoms with Crippen LogP contribution in [0.1, 0.15) is 37.7 Å². The van der Waals surface area contributed by atoms with Crippen molar-refractivity contribution in [2.75, 3.05) is 44.7 Å². The van der Waals surface area contributed by atoms with Crippen LogP contribution in [0.5, 0.6) is 6.01 Å². The normalized spacial score (nSPS) is 19.6. The number of benzene rings is 3. The van der Waals surface area contributed by atoms with E-state index in [2.05, 4.69) is 31.9 Å². The van der Waals surface area contributed by atoms with Crippen LogP contribution in [0.2, 0.25) is 0 Å². The average molecular weight is 667 g/mol. The van der Waals surface area contributed by atoms with Crippen LogP contribution in [-0.4, -0.2) is 90.1 Å². The first-order valence-electron chi connectivity index (χ1n) is 16.1. The number of imidazole rings is 1.